The summed E-state index contributed by atoms with van der Waals surface area (Å²) < 4.78 is 0. The van der Waals surface area contributed by atoms with Gasteiger partial charge in [-0.1, -0.05) is 6.92 Å². The molecular formula is C9H18N2. The Bertz CT molecular complexity index is 140. The van der Waals surface area contributed by atoms with Gasteiger partial charge in [-0.15, -0.1) is 0 Å². The number of rotatable bonds is 3. The minimum atomic E-state index is 0.736. The van der Waals surface area contributed by atoms with Crippen LogP contribution in [0.25, 0.3) is 0 Å². The Hall–Kier alpha value is -0.0800. The molecule has 2 N–H and O–H groups in total. The smallest absolute Gasteiger partial charge is 0.0250 e. The Labute approximate surface area is 68.7 Å². The van der Waals surface area contributed by atoms with Crippen LogP contribution >= 0.6 is 0 Å². The van der Waals surface area contributed by atoms with Crippen LogP contribution in [0.2, 0.25) is 0 Å². The highest BCUT2D eigenvalue weighted by atomic mass is 15.3. The summed E-state index contributed by atoms with van der Waals surface area (Å²) in [6.07, 6.45) is 4.14. The second-order valence-electron chi connectivity index (χ2n) is 3.93. The van der Waals surface area contributed by atoms with E-state index in [1.54, 1.807) is 0 Å². The first-order valence-electron chi connectivity index (χ1n) is 4.82. The molecule has 0 aromatic rings. The van der Waals surface area contributed by atoms with Gasteiger partial charge < -0.3 is 5.73 Å². The molecule has 2 aliphatic heterocycles. The molecule has 1 aliphatic carbocycles. The quantitative estimate of drug-likeness (QED) is 0.652. The molecule has 11 heavy (non-hydrogen) atoms. The zero-order valence-corrected chi connectivity index (χ0v) is 7.29. The maximum atomic E-state index is 5.73. The molecule has 0 aromatic heterocycles. The summed E-state index contributed by atoms with van der Waals surface area (Å²) in [4.78, 5) is 2.63. The molecule has 64 valence electrons. The molecule has 0 spiro atoms. The second kappa shape index (κ2) is 2.76. The van der Waals surface area contributed by atoms with Crippen LogP contribution in [-0.4, -0.2) is 30.1 Å². The number of hydrogen-bond acceptors (Lipinski definition) is 2. The van der Waals surface area contributed by atoms with Crippen LogP contribution in [0.4, 0.5) is 0 Å². The molecule has 0 aromatic carbocycles. The molecule has 1 saturated carbocycles. The monoisotopic (exact) mass is 154 g/mol. The van der Waals surface area contributed by atoms with Gasteiger partial charge in [0.25, 0.3) is 0 Å². The first kappa shape index (κ1) is 7.56. The van der Waals surface area contributed by atoms with Crippen LogP contribution in [0.3, 0.4) is 0 Å². The van der Waals surface area contributed by atoms with E-state index in [4.69, 9.17) is 5.73 Å². The van der Waals surface area contributed by atoms with Crippen LogP contribution in [0.1, 0.15) is 26.2 Å². The topological polar surface area (TPSA) is 29.3 Å². The van der Waals surface area contributed by atoms with Crippen LogP contribution in [0.5, 0.6) is 0 Å². The average Bonchev–Trinajstić information content (AvgIpc) is 2.39. The first-order valence-corrected chi connectivity index (χ1v) is 4.82. The third kappa shape index (κ3) is 1.00. The van der Waals surface area contributed by atoms with Gasteiger partial charge in [0, 0.05) is 18.6 Å². The van der Waals surface area contributed by atoms with Gasteiger partial charge in [-0.05, 0) is 31.7 Å². The van der Waals surface area contributed by atoms with Crippen molar-refractivity contribution in [3.05, 3.63) is 0 Å². The van der Waals surface area contributed by atoms with E-state index in [1.165, 1.54) is 25.8 Å². The minimum absolute atomic E-state index is 0.736. The first-order chi connectivity index (χ1) is 5.36. The van der Waals surface area contributed by atoms with Crippen molar-refractivity contribution in [3.8, 4) is 0 Å². The van der Waals surface area contributed by atoms with Gasteiger partial charge in [-0.2, -0.15) is 0 Å². The second-order valence-corrected chi connectivity index (χ2v) is 3.93. The fourth-order valence-corrected chi connectivity index (χ4v) is 2.69. The van der Waals surface area contributed by atoms with Crippen molar-refractivity contribution < 1.29 is 0 Å². The van der Waals surface area contributed by atoms with Gasteiger partial charge in [0.05, 0.1) is 0 Å². The minimum Gasteiger partial charge on any atom is -0.329 e. The maximum absolute atomic E-state index is 5.73. The molecule has 0 amide bonds. The summed E-state index contributed by atoms with van der Waals surface area (Å²) >= 11 is 0. The predicted molar refractivity (Wildman–Crippen MR) is 46.4 cm³/mol. The van der Waals surface area contributed by atoms with Crippen molar-refractivity contribution in [3.63, 3.8) is 0 Å². The highest BCUT2D eigenvalue weighted by Gasteiger charge is 2.48. The van der Waals surface area contributed by atoms with Crippen molar-refractivity contribution in [2.24, 2.45) is 11.7 Å². The Morgan fingerprint density at radius 3 is 2.73 bits per heavy atom. The van der Waals surface area contributed by atoms with E-state index in [0.29, 0.717) is 0 Å². The average molecular weight is 154 g/mol. The van der Waals surface area contributed by atoms with Crippen LogP contribution in [0.15, 0.2) is 0 Å². The van der Waals surface area contributed by atoms with Crippen molar-refractivity contribution in [1.29, 1.82) is 0 Å². The highest BCUT2D eigenvalue weighted by Crippen LogP contribution is 2.45. The lowest BCUT2D eigenvalue weighted by atomic mass is 9.83. The third-order valence-corrected chi connectivity index (χ3v) is 3.31. The molecule has 2 saturated heterocycles. The molecule has 3 fully saturated rings. The largest absolute Gasteiger partial charge is 0.329 e. The highest BCUT2D eigenvalue weighted by molar-refractivity contribution is 5.04. The van der Waals surface area contributed by atoms with E-state index in [1.807, 2.05) is 0 Å². The van der Waals surface area contributed by atoms with Gasteiger partial charge in [-0.3, -0.25) is 4.90 Å². The van der Waals surface area contributed by atoms with Gasteiger partial charge in [0.1, 0.15) is 0 Å². The van der Waals surface area contributed by atoms with Crippen molar-refractivity contribution in [1.82, 2.24) is 4.90 Å². The molecular weight excluding hydrogens is 136 g/mol. The van der Waals surface area contributed by atoms with Gasteiger partial charge >= 0.3 is 0 Å². The fourth-order valence-electron chi connectivity index (χ4n) is 2.69. The Kier molecular flexibility index (Phi) is 1.90. The van der Waals surface area contributed by atoms with E-state index in [-0.39, 0.29) is 0 Å². The fraction of sp³-hybridized carbons (Fsp3) is 1.00. The summed E-state index contributed by atoms with van der Waals surface area (Å²) in [5.74, 6) is 0.955. The molecule has 0 radical (unpaired) electrons. The van der Waals surface area contributed by atoms with E-state index in [2.05, 4.69) is 11.8 Å². The number of nitrogens with zero attached hydrogens (tertiary/aromatic N) is 1. The summed E-state index contributed by atoms with van der Waals surface area (Å²) in [7, 11) is 0. The van der Waals surface area contributed by atoms with E-state index in [9.17, 15) is 0 Å². The third-order valence-electron chi connectivity index (χ3n) is 3.31. The van der Waals surface area contributed by atoms with Crippen molar-refractivity contribution >= 4 is 0 Å². The summed E-state index contributed by atoms with van der Waals surface area (Å²) in [6, 6.07) is 1.65. The van der Waals surface area contributed by atoms with Crippen LogP contribution < -0.4 is 5.73 Å². The van der Waals surface area contributed by atoms with Crippen LogP contribution in [-0.2, 0) is 0 Å². The Morgan fingerprint density at radius 2 is 2.18 bits per heavy atom. The Morgan fingerprint density at radius 1 is 1.45 bits per heavy atom. The molecule has 3 aliphatic rings. The summed E-state index contributed by atoms with van der Waals surface area (Å²) in [6.45, 7) is 4.40. The van der Waals surface area contributed by atoms with Gasteiger partial charge in [0.2, 0.25) is 0 Å². The molecule has 3 rings (SSSR count). The summed E-state index contributed by atoms with van der Waals surface area (Å²) in [5.41, 5.74) is 5.73. The van der Waals surface area contributed by atoms with E-state index in [0.717, 1.165) is 24.5 Å². The number of fused-ring (bicyclic) bond motifs is 1. The lowest BCUT2D eigenvalue weighted by Gasteiger charge is -2.25. The molecule has 2 nitrogen and oxygen atoms in total. The number of nitrogens with two attached hydrogens (primary N) is 1. The molecule has 2 bridgehead atoms. The van der Waals surface area contributed by atoms with E-state index < -0.39 is 0 Å². The maximum Gasteiger partial charge on any atom is 0.0250 e. The normalized spacial score (nSPS) is 42.5. The molecule has 1 atom stereocenters. The lowest BCUT2D eigenvalue weighted by Crippen LogP contribution is -2.36. The summed E-state index contributed by atoms with van der Waals surface area (Å²) in [5, 5.41) is 0. The predicted octanol–water partition coefficient (Wildman–Crippen LogP) is 0.818. The zero-order chi connectivity index (χ0) is 7.84. The van der Waals surface area contributed by atoms with Gasteiger partial charge in [0.15, 0.2) is 0 Å². The van der Waals surface area contributed by atoms with Crippen molar-refractivity contribution in [2.75, 3.05) is 13.1 Å². The SMILES string of the molecule is CCCN1C2CC(C2)C1CN. The lowest BCUT2D eigenvalue weighted by molar-refractivity contribution is 0.224. The molecule has 1 unspecified atom stereocenters. The molecule has 2 heteroatoms. The molecule has 2 heterocycles. The van der Waals surface area contributed by atoms with E-state index >= 15 is 0 Å². The van der Waals surface area contributed by atoms with Crippen molar-refractivity contribution in [2.45, 2.75) is 38.3 Å². The zero-order valence-electron chi connectivity index (χ0n) is 7.29. The standard InChI is InChI=1S/C9H18N2/c1-2-3-11-8-4-7(5-8)9(11)6-10/h7-9H,2-6,10H2,1H3. The number of hydrogen-bond donors (Lipinski definition) is 1. The Balaban J connectivity index is 1.96. The van der Waals surface area contributed by atoms with Crippen LogP contribution in [0, 0.1) is 5.92 Å². The van der Waals surface area contributed by atoms with Gasteiger partial charge in [-0.25, -0.2) is 0 Å².